The Kier molecular flexibility index (Phi) is 3.85. The molecule has 0 aromatic carbocycles. The molecule has 2 rings (SSSR count). The van der Waals surface area contributed by atoms with E-state index in [-0.39, 0.29) is 5.54 Å². The molecule has 4 heteroatoms. The van der Waals surface area contributed by atoms with Crippen LogP contribution in [0.2, 0.25) is 0 Å². The van der Waals surface area contributed by atoms with Gasteiger partial charge < -0.3 is 5.32 Å². The topological polar surface area (TPSA) is 37.8 Å². The predicted molar refractivity (Wildman–Crippen MR) is 79.8 cm³/mol. The molecule has 0 aliphatic carbocycles. The Morgan fingerprint density at radius 2 is 2.00 bits per heavy atom. The van der Waals surface area contributed by atoms with E-state index in [9.17, 15) is 0 Å². The van der Waals surface area contributed by atoms with E-state index in [1.807, 2.05) is 24.5 Å². The van der Waals surface area contributed by atoms with E-state index in [0.29, 0.717) is 0 Å². The van der Waals surface area contributed by atoms with E-state index in [2.05, 4.69) is 52.0 Å². The monoisotopic (exact) mass is 307 g/mol. The van der Waals surface area contributed by atoms with Gasteiger partial charge >= 0.3 is 0 Å². The summed E-state index contributed by atoms with van der Waals surface area (Å²) in [6, 6.07) is 3.98. The van der Waals surface area contributed by atoms with Crippen LogP contribution in [-0.2, 0) is 0 Å². The molecule has 0 saturated heterocycles. The van der Waals surface area contributed by atoms with Gasteiger partial charge in [-0.05, 0) is 47.8 Å². The number of nitrogens with one attached hydrogen (secondary N) is 1. The molecule has 2 aromatic rings. The molecule has 0 spiro atoms. The summed E-state index contributed by atoms with van der Waals surface area (Å²) in [4.78, 5) is 8.81. The lowest BCUT2D eigenvalue weighted by atomic mass is 9.95. The summed E-state index contributed by atoms with van der Waals surface area (Å²) in [7, 11) is 0. The third-order valence-corrected chi connectivity index (χ3v) is 3.97. The average Bonchev–Trinajstić information content (AvgIpc) is 2.38. The Hall–Kier alpha value is -1.16. The predicted octanol–water partition coefficient (Wildman–Crippen LogP) is 4.38. The average molecular weight is 308 g/mol. The van der Waals surface area contributed by atoms with Crippen LogP contribution in [0.25, 0.3) is 11.0 Å². The van der Waals surface area contributed by atoms with E-state index < -0.39 is 0 Å². The summed E-state index contributed by atoms with van der Waals surface area (Å²) in [5, 5.41) is 3.60. The minimum atomic E-state index is 0.100. The first-order chi connectivity index (χ1) is 8.58. The smallest absolute Gasteiger partial charge is 0.112 e. The Bertz CT molecular complexity index is 550. The van der Waals surface area contributed by atoms with Gasteiger partial charge in [0, 0.05) is 22.4 Å². The summed E-state index contributed by atoms with van der Waals surface area (Å²) in [6.45, 7) is 6.63. The highest BCUT2D eigenvalue weighted by Gasteiger charge is 2.20. The lowest BCUT2D eigenvalue weighted by Gasteiger charge is -2.29. The van der Waals surface area contributed by atoms with Crippen molar-refractivity contribution in [3.8, 4) is 0 Å². The van der Waals surface area contributed by atoms with Gasteiger partial charge in [0.2, 0.25) is 0 Å². The first-order valence-electron chi connectivity index (χ1n) is 6.26. The number of aromatic nitrogens is 2. The van der Waals surface area contributed by atoms with Crippen LogP contribution in [0.5, 0.6) is 0 Å². The molecule has 0 bridgehead atoms. The summed E-state index contributed by atoms with van der Waals surface area (Å²) < 4.78 is 0.952. The van der Waals surface area contributed by atoms with Gasteiger partial charge in [-0.15, -0.1) is 0 Å². The van der Waals surface area contributed by atoms with Crippen molar-refractivity contribution in [2.75, 3.05) is 5.32 Å². The second-order valence-corrected chi connectivity index (χ2v) is 5.69. The first-order valence-corrected chi connectivity index (χ1v) is 7.05. The molecule has 0 atom stereocenters. The molecule has 2 aromatic heterocycles. The van der Waals surface area contributed by atoms with Crippen LogP contribution in [0.1, 0.15) is 33.6 Å². The largest absolute Gasteiger partial charge is 0.378 e. The number of hydrogen-bond donors (Lipinski definition) is 1. The zero-order chi connectivity index (χ0) is 13.2. The van der Waals surface area contributed by atoms with E-state index in [0.717, 1.165) is 34.0 Å². The maximum atomic E-state index is 4.46. The molecule has 18 heavy (non-hydrogen) atoms. The summed E-state index contributed by atoms with van der Waals surface area (Å²) >= 11 is 3.42. The number of pyridine rings is 2. The zero-order valence-corrected chi connectivity index (χ0v) is 12.6. The number of hydrogen-bond acceptors (Lipinski definition) is 3. The van der Waals surface area contributed by atoms with Crippen molar-refractivity contribution >= 4 is 32.7 Å². The maximum Gasteiger partial charge on any atom is 0.112 e. The molecule has 0 radical (unpaired) electrons. The zero-order valence-electron chi connectivity index (χ0n) is 11.0. The van der Waals surface area contributed by atoms with Crippen molar-refractivity contribution in [2.24, 2.45) is 0 Å². The van der Waals surface area contributed by atoms with Gasteiger partial charge in [0.25, 0.3) is 0 Å². The van der Waals surface area contributed by atoms with Crippen molar-refractivity contribution < 1.29 is 0 Å². The number of anilines is 1. The lowest BCUT2D eigenvalue weighted by Crippen LogP contribution is -2.33. The molecule has 3 nitrogen and oxygen atoms in total. The van der Waals surface area contributed by atoms with Crippen LogP contribution in [0.15, 0.2) is 29.0 Å². The molecular formula is C14H18BrN3. The molecule has 96 valence electrons. The molecule has 1 N–H and O–H groups in total. The maximum absolute atomic E-state index is 4.46. The fourth-order valence-electron chi connectivity index (χ4n) is 1.86. The van der Waals surface area contributed by atoms with Gasteiger partial charge in [0.05, 0.1) is 11.2 Å². The normalized spacial score (nSPS) is 11.8. The van der Waals surface area contributed by atoms with Crippen LogP contribution in [0.4, 0.5) is 5.69 Å². The van der Waals surface area contributed by atoms with Crippen molar-refractivity contribution in [1.29, 1.82) is 0 Å². The van der Waals surface area contributed by atoms with Crippen LogP contribution < -0.4 is 5.32 Å². The van der Waals surface area contributed by atoms with Crippen molar-refractivity contribution in [2.45, 2.75) is 39.2 Å². The van der Waals surface area contributed by atoms with Crippen molar-refractivity contribution in [1.82, 2.24) is 9.97 Å². The van der Waals surface area contributed by atoms with Crippen molar-refractivity contribution in [3.63, 3.8) is 0 Å². The highest BCUT2D eigenvalue weighted by Crippen LogP contribution is 2.27. The van der Waals surface area contributed by atoms with Crippen molar-refractivity contribution in [3.05, 3.63) is 29.0 Å². The molecular weight excluding hydrogens is 290 g/mol. The van der Waals surface area contributed by atoms with Gasteiger partial charge in [0.15, 0.2) is 0 Å². The highest BCUT2D eigenvalue weighted by molar-refractivity contribution is 9.10. The molecule has 2 heterocycles. The Balaban J connectivity index is 2.45. The summed E-state index contributed by atoms with van der Waals surface area (Å²) in [5.41, 5.74) is 2.99. The number of halogens is 1. The Morgan fingerprint density at radius 3 is 2.67 bits per heavy atom. The first kappa shape index (κ1) is 13.3. The molecule has 0 saturated carbocycles. The number of fused-ring (bicyclic) bond motifs is 1. The molecule has 0 fully saturated rings. The molecule has 0 aliphatic heterocycles. The molecule has 0 aliphatic rings. The highest BCUT2D eigenvalue weighted by atomic mass is 79.9. The van der Waals surface area contributed by atoms with E-state index >= 15 is 0 Å². The number of rotatable bonds is 4. The van der Waals surface area contributed by atoms with Gasteiger partial charge in [-0.3, -0.25) is 9.97 Å². The lowest BCUT2D eigenvalue weighted by molar-refractivity contribution is 0.479. The second-order valence-electron chi connectivity index (χ2n) is 4.77. The van der Waals surface area contributed by atoms with Crippen LogP contribution in [0.3, 0.4) is 0 Å². The Labute approximate surface area is 116 Å². The van der Waals surface area contributed by atoms with E-state index in [1.165, 1.54) is 0 Å². The molecule has 0 amide bonds. The standard InChI is InChI=1S/C14H18BrN3/c1-4-14(3,5-2)18-11-6-7-16-12-8-10(15)9-17-13(11)12/h6-9H,4-5H2,1-3H3,(H,16,18). The van der Waals surface area contributed by atoms with E-state index in [1.54, 1.807) is 0 Å². The summed E-state index contributed by atoms with van der Waals surface area (Å²) in [5.74, 6) is 0. The number of nitrogens with zero attached hydrogens (tertiary/aromatic N) is 2. The molecule has 0 unspecified atom stereocenters. The third-order valence-electron chi connectivity index (χ3n) is 3.54. The fourth-order valence-corrected chi connectivity index (χ4v) is 2.18. The minimum Gasteiger partial charge on any atom is -0.378 e. The quantitative estimate of drug-likeness (QED) is 0.910. The minimum absolute atomic E-state index is 0.100. The van der Waals surface area contributed by atoms with Gasteiger partial charge in [-0.1, -0.05) is 13.8 Å². The van der Waals surface area contributed by atoms with Crippen LogP contribution in [0, 0.1) is 0 Å². The SMILES string of the molecule is CCC(C)(CC)Nc1ccnc2cc(Br)cnc12. The fraction of sp³-hybridized carbons (Fsp3) is 0.429. The van der Waals surface area contributed by atoms with Crippen LogP contribution >= 0.6 is 15.9 Å². The Morgan fingerprint density at radius 1 is 1.28 bits per heavy atom. The van der Waals surface area contributed by atoms with Gasteiger partial charge in [0.1, 0.15) is 5.52 Å². The third kappa shape index (κ3) is 2.64. The van der Waals surface area contributed by atoms with E-state index in [4.69, 9.17) is 0 Å². The second kappa shape index (κ2) is 5.22. The van der Waals surface area contributed by atoms with Gasteiger partial charge in [-0.25, -0.2) is 0 Å². The van der Waals surface area contributed by atoms with Crippen LogP contribution in [-0.4, -0.2) is 15.5 Å². The summed E-state index contributed by atoms with van der Waals surface area (Å²) in [6.07, 6.45) is 5.78. The van der Waals surface area contributed by atoms with Gasteiger partial charge in [-0.2, -0.15) is 0 Å².